The Balaban J connectivity index is 1.42. The summed E-state index contributed by atoms with van der Waals surface area (Å²) in [6.45, 7) is -0.736. The van der Waals surface area contributed by atoms with Crippen LogP contribution in [0.1, 0.15) is 30.4 Å². The Hall–Kier alpha value is -5.01. The molecular weight excluding hydrogens is 631 g/mol. The van der Waals surface area contributed by atoms with E-state index < -0.39 is 54.1 Å². The van der Waals surface area contributed by atoms with Gasteiger partial charge in [-0.25, -0.2) is 5.43 Å². The van der Waals surface area contributed by atoms with Gasteiger partial charge in [0.05, 0.1) is 31.3 Å². The third-order valence-corrected chi connectivity index (χ3v) is 7.44. The first kappa shape index (κ1) is 36.5. The fourth-order valence-corrected chi connectivity index (χ4v) is 4.86. The minimum Gasteiger partial charge on any atom is -0.463 e. The molecule has 2 unspecified atom stereocenters. The average Bonchev–Trinajstić information content (AvgIpc) is 3.31. The molecule has 2 aromatic rings. The van der Waals surface area contributed by atoms with Gasteiger partial charge in [0.1, 0.15) is 6.61 Å². The van der Waals surface area contributed by atoms with Crippen LogP contribution in [0, 0.1) is 0 Å². The summed E-state index contributed by atoms with van der Waals surface area (Å²) in [6, 6.07) is 14.4. The number of hydrazine groups is 1. The summed E-state index contributed by atoms with van der Waals surface area (Å²) in [4.78, 5) is 97.9. The number of ether oxygens (including phenoxy) is 1. The van der Waals surface area contributed by atoms with E-state index in [1.165, 1.54) is 0 Å². The van der Waals surface area contributed by atoms with E-state index >= 15 is 0 Å². The van der Waals surface area contributed by atoms with Gasteiger partial charge < -0.3 is 26.1 Å². The Morgan fingerprint density at radius 3 is 2.23 bits per heavy atom. The first-order valence-corrected chi connectivity index (χ1v) is 15.4. The molecule has 0 bridgehead atoms. The van der Waals surface area contributed by atoms with E-state index in [0.29, 0.717) is 17.7 Å². The van der Waals surface area contributed by atoms with Crippen LogP contribution >= 0.6 is 9.24 Å². The maximum Gasteiger partial charge on any atom is 0.293 e. The van der Waals surface area contributed by atoms with Gasteiger partial charge in [-0.3, -0.25) is 43.3 Å². The molecule has 15 nitrogen and oxygen atoms in total. The fraction of sp³-hybridized carbons (Fsp3) is 0.355. The van der Waals surface area contributed by atoms with Crippen molar-refractivity contribution in [3.8, 4) is 0 Å². The molecule has 2 aromatic carbocycles. The first-order chi connectivity index (χ1) is 22.6. The van der Waals surface area contributed by atoms with Gasteiger partial charge in [-0.2, -0.15) is 0 Å². The van der Waals surface area contributed by atoms with Gasteiger partial charge in [-0.1, -0.05) is 42.5 Å². The number of benzene rings is 2. The van der Waals surface area contributed by atoms with Gasteiger partial charge in [-0.05, 0) is 29.7 Å². The molecule has 1 aliphatic rings. The van der Waals surface area contributed by atoms with Gasteiger partial charge in [0.25, 0.3) is 6.47 Å². The summed E-state index contributed by atoms with van der Waals surface area (Å²) in [5, 5.41) is 7.26. The van der Waals surface area contributed by atoms with Crippen LogP contribution in [0.25, 0.3) is 0 Å². The Kier molecular flexibility index (Phi) is 14.6. The highest BCUT2D eigenvalue weighted by atomic mass is 31.0. The third kappa shape index (κ3) is 12.4. The highest BCUT2D eigenvalue weighted by Crippen LogP contribution is 2.20. The van der Waals surface area contributed by atoms with Gasteiger partial charge in [0, 0.05) is 31.5 Å². The second-order valence-electron chi connectivity index (χ2n) is 10.5. The van der Waals surface area contributed by atoms with Crippen molar-refractivity contribution in [2.24, 2.45) is 0 Å². The number of nitrogens with zero attached hydrogens (tertiary/aromatic N) is 1. The summed E-state index contributed by atoms with van der Waals surface area (Å²) < 4.78 is 4.69. The van der Waals surface area contributed by atoms with Crippen LogP contribution in [-0.4, -0.2) is 90.4 Å². The van der Waals surface area contributed by atoms with E-state index in [-0.39, 0.29) is 57.2 Å². The monoisotopic (exact) mass is 668 g/mol. The quantitative estimate of drug-likeness (QED) is 0.0386. The number of Topliss-reactive ketones (excluding diaryl/α,β-unsaturated/α-hetero) is 2. The van der Waals surface area contributed by atoms with E-state index in [1.807, 2.05) is 0 Å². The van der Waals surface area contributed by atoms with Crippen LogP contribution in [0.2, 0.25) is 0 Å². The molecule has 47 heavy (non-hydrogen) atoms. The van der Waals surface area contributed by atoms with Crippen LogP contribution in [0.4, 0.5) is 5.69 Å². The van der Waals surface area contributed by atoms with Gasteiger partial charge in [0.2, 0.25) is 41.1 Å². The molecule has 250 valence electrons. The molecule has 0 spiro atoms. The summed E-state index contributed by atoms with van der Waals surface area (Å²) in [6.07, 6.45) is 0.371. The van der Waals surface area contributed by atoms with Crippen molar-refractivity contribution in [2.75, 3.05) is 31.6 Å². The van der Waals surface area contributed by atoms with Crippen molar-refractivity contribution in [2.45, 2.75) is 44.0 Å². The van der Waals surface area contributed by atoms with Crippen LogP contribution in [0.3, 0.4) is 0 Å². The van der Waals surface area contributed by atoms with Crippen molar-refractivity contribution in [1.29, 1.82) is 0 Å². The Morgan fingerprint density at radius 1 is 0.894 bits per heavy atom. The highest BCUT2D eigenvalue weighted by Gasteiger charge is 2.35. The fourth-order valence-electron chi connectivity index (χ4n) is 4.48. The van der Waals surface area contributed by atoms with Crippen LogP contribution in [0.5, 0.6) is 0 Å². The van der Waals surface area contributed by atoms with Crippen molar-refractivity contribution < 1.29 is 43.1 Å². The number of likely N-dealkylation sites (tertiary alicyclic amines) is 1. The van der Waals surface area contributed by atoms with Crippen LogP contribution in [-0.2, 0) is 56.1 Å². The Bertz CT molecular complexity index is 1460. The van der Waals surface area contributed by atoms with Gasteiger partial charge >= 0.3 is 0 Å². The lowest BCUT2D eigenvalue weighted by molar-refractivity contribution is -0.139. The maximum atomic E-state index is 13.1. The largest absolute Gasteiger partial charge is 0.463 e. The molecular formula is C31H37N6O9P. The predicted octanol–water partition coefficient (Wildman–Crippen LogP) is -0.843. The van der Waals surface area contributed by atoms with Crippen molar-refractivity contribution >= 4 is 62.5 Å². The molecule has 1 heterocycles. The molecule has 0 radical (unpaired) electrons. The average molecular weight is 669 g/mol. The zero-order valence-electron chi connectivity index (χ0n) is 25.5. The molecule has 0 saturated carbocycles. The van der Waals surface area contributed by atoms with E-state index in [4.69, 9.17) is 0 Å². The standard InChI is InChI=1S/C31H37N6O9P/c38-19-46-18-21-8-10-22(11-9-21)36-34-15-24(39)30(44)23(13-20-5-2-1-3-6-20)35-28(42)17-33-27(41)16-32-26(40)7-4-12-37-29(43)14-25(47)31(37)45/h1-3,5-6,8-11,19,23,25,34,36H,4,7,12-18,47H2,(H,32,40)(H,33,41)(H,35,42)/t23-,25?/m0/s1. The number of hydrogen-bond acceptors (Lipinski definition) is 11. The molecule has 3 rings (SSSR count). The lowest BCUT2D eigenvalue weighted by Gasteiger charge is -2.18. The summed E-state index contributed by atoms with van der Waals surface area (Å²) in [7, 11) is 2.32. The molecule has 0 aliphatic carbocycles. The lowest BCUT2D eigenvalue weighted by atomic mass is 10.00. The molecule has 5 amide bonds. The number of hydrogen-bond donors (Lipinski definition) is 5. The number of carbonyl (C=O) groups is 8. The van der Waals surface area contributed by atoms with E-state index in [9.17, 15) is 38.4 Å². The van der Waals surface area contributed by atoms with Crippen molar-refractivity contribution in [3.05, 3.63) is 65.7 Å². The second-order valence-corrected chi connectivity index (χ2v) is 11.3. The van der Waals surface area contributed by atoms with Gasteiger partial charge in [-0.15, -0.1) is 9.24 Å². The number of anilines is 1. The molecule has 0 aromatic heterocycles. The zero-order chi connectivity index (χ0) is 34.2. The number of carbonyl (C=O) groups excluding carboxylic acids is 8. The Labute approximate surface area is 273 Å². The summed E-state index contributed by atoms with van der Waals surface area (Å²) in [5.41, 5.74) is 7.06. The van der Waals surface area contributed by atoms with E-state index in [2.05, 4.69) is 40.8 Å². The first-order valence-electron chi connectivity index (χ1n) is 14.7. The van der Waals surface area contributed by atoms with Gasteiger partial charge in [0.15, 0.2) is 0 Å². The molecule has 1 fully saturated rings. The number of amides is 5. The van der Waals surface area contributed by atoms with Crippen LogP contribution < -0.4 is 26.8 Å². The number of imide groups is 1. The van der Waals surface area contributed by atoms with Crippen molar-refractivity contribution in [1.82, 2.24) is 26.3 Å². The molecule has 3 atom stereocenters. The number of rotatable bonds is 20. The normalized spacial score (nSPS) is 14.6. The summed E-state index contributed by atoms with van der Waals surface area (Å²) >= 11 is 0. The Morgan fingerprint density at radius 2 is 1.57 bits per heavy atom. The van der Waals surface area contributed by atoms with Crippen molar-refractivity contribution in [3.63, 3.8) is 0 Å². The topological polar surface area (TPSA) is 209 Å². The summed E-state index contributed by atoms with van der Waals surface area (Å²) in [5.74, 6) is -4.08. The number of nitrogens with one attached hydrogen (secondary N) is 5. The van der Waals surface area contributed by atoms with E-state index in [0.717, 1.165) is 10.5 Å². The minimum atomic E-state index is -1.20. The predicted molar refractivity (Wildman–Crippen MR) is 171 cm³/mol. The third-order valence-electron chi connectivity index (χ3n) is 6.92. The lowest BCUT2D eigenvalue weighted by Crippen LogP contribution is -2.50. The number of ketones is 2. The molecule has 1 saturated heterocycles. The molecule has 5 N–H and O–H groups in total. The smallest absolute Gasteiger partial charge is 0.293 e. The maximum absolute atomic E-state index is 13.1. The van der Waals surface area contributed by atoms with E-state index in [1.54, 1.807) is 54.6 Å². The van der Waals surface area contributed by atoms with Crippen LogP contribution in [0.15, 0.2) is 54.6 Å². The minimum absolute atomic E-state index is 0.0157. The molecule has 1 aliphatic heterocycles. The SMILES string of the molecule is O=COCc1ccc(NNCC(=O)C(=O)[C@H](Cc2ccccc2)NC(=O)CNC(=O)CNC(=O)CCCN2C(=O)CC(P)C2=O)cc1. The zero-order valence-corrected chi connectivity index (χ0v) is 26.6. The molecule has 16 heteroatoms. The highest BCUT2D eigenvalue weighted by molar-refractivity contribution is 7.19. The second kappa shape index (κ2) is 18.8.